The number of hydrogen-bond acceptors (Lipinski definition) is 7. The molecule has 0 spiro atoms. The number of carbonyl (C=O) groups excluding carboxylic acids is 2. The normalized spacial score (nSPS) is 11.7. The maximum Gasteiger partial charge on any atom is 0.237 e. The number of para-hydroxylation sites is 2. The van der Waals surface area contributed by atoms with Gasteiger partial charge < -0.3 is 10.1 Å². The van der Waals surface area contributed by atoms with Crippen molar-refractivity contribution in [3.8, 4) is 11.4 Å². The molecule has 0 bridgehead atoms. The lowest BCUT2D eigenvalue weighted by atomic mass is 10.1. The zero-order valence-electron chi connectivity index (χ0n) is 15.6. The monoisotopic (exact) mass is 397 g/mol. The molecule has 1 N–H and O–H groups in total. The molecule has 144 valence electrons. The summed E-state index contributed by atoms with van der Waals surface area (Å²) in [7, 11) is 1.57. The van der Waals surface area contributed by atoms with Gasteiger partial charge in [0, 0.05) is 11.3 Å². The van der Waals surface area contributed by atoms with Gasteiger partial charge in [-0.15, -0.1) is 5.10 Å². The molecule has 3 rings (SSSR count). The first kappa shape index (κ1) is 19.6. The van der Waals surface area contributed by atoms with Crippen LogP contribution in [0, 0.1) is 0 Å². The van der Waals surface area contributed by atoms with Gasteiger partial charge in [0.25, 0.3) is 0 Å². The number of nitrogens with zero attached hydrogens (tertiary/aromatic N) is 4. The number of ketones is 1. The van der Waals surface area contributed by atoms with Crippen molar-refractivity contribution in [2.24, 2.45) is 0 Å². The van der Waals surface area contributed by atoms with E-state index in [1.54, 1.807) is 38.3 Å². The van der Waals surface area contributed by atoms with E-state index in [1.807, 2.05) is 24.3 Å². The zero-order valence-corrected chi connectivity index (χ0v) is 16.4. The molecule has 1 amide bonds. The summed E-state index contributed by atoms with van der Waals surface area (Å²) in [5, 5.41) is 14.6. The summed E-state index contributed by atoms with van der Waals surface area (Å²) in [4.78, 5) is 23.9. The van der Waals surface area contributed by atoms with Crippen LogP contribution in [-0.4, -0.2) is 44.3 Å². The van der Waals surface area contributed by atoms with Crippen molar-refractivity contribution in [2.45, 2.75) is 24.3 Å². The van der Waals surface area contributed by atoms with Crippen molar-refractivity contribution in [3.05, 3.63) is 54.1 Å². The highest BCUT2D eigenvalue weighted by molar-refractivity contribution is 8.00. The fraction of sp³-hybridized carbons (Fsp3) is 0.211. The highest BCUT2D eigenvalue weighted by Crippen LogP contribution is 2.28. The number of methoxy groups -OCH3 is 1. The second kappa shape index (κ2) is 8.66. The first-order valence-electron chi connectivity index (χ1n) is 8.50. The van der Waals surface area contributed by atoms with Crippen LogP contribution in [0.1, 0.15) is 24.2 Å². The Balaban J connectivity index is 1.71. The number of tetrazole rings is 1. The topological polar surface area (TPSA) is 99.0 Å². The number of amides is 1. The first-order chi connectivity index (χ1) is 13.5. The van der Waals surface area contributed by atoms with Gasteiger partial charge in [-0.2, -0.15) is 4.68 Å². The van der Waals surface area contributed by atoms with E-state index in [1.165, 1.54) is 23.4 Å². The van der Waals surface area contributed by atoms with Crippen molar-refractivity contribution in [2.75, 3.05) is 12.4 Å². The van der Waals surface area contributed by atoms with Crippen LogP contribution in [0.4, 0.5) is 5.69 Å². The van der Waals surface area contributed by atoms with E-state index in [4.69, 9.17) is 4.74 Å². The van der Waals surface area contributed by atoms with Crippen LogP contribution in [0.15, 0.2) is 53.7 Å². The van der Waals surface area contributed by atoms with Gasteiger partial charge in [0.2, 0.25) is 11.1 Å². The van der Waals surface area contributed by atoms with Gasteiger partial charge in [-0.1, -0.05) is 23.9 Å². The summed E-state index contributed by atoms with van der Waals surface area (Å²) in [5.74, 6) is 0.402. The van der Waals surface area contributed by atoms with Gasteiger partial charge in [-0.25, -0.2) is 0 Å². The number of carbonyl (C=O) groups is 2. The van der Waals surface area contributed by atoms with Gasteiger partial charge in [-0.05, 0) is 60.7 Å². The average Bonchev–Trinajstić information content (AvgIpc) is 3.16. The first-order valence-corrected chi connectivity index (χ1v) is 9.38. The molecular formula is C19H19N5O3S. The van der Waals surface area contributed by atoms with Gasteiger partial charge in [0.05, 0.1) is 12.4 Å². The molecule has 0 unspecified atom stereocenters. The quantitative estimate of drug-likeness (QED) is 0.483. The summed E-state index contributed by atoms with van der Waals surface area (Å²) in [6.45, 7) is 3.27. The Morgan fingerprint density at radius 3 is 2.54 bits per heavy atom. The van der Waals surface area contributed by atoms with Gasteiger partial charge in [0.1, 0.15) is 11.4 Å². The predicted octanol–water partition coefficient (Wildman–Crippen LogP) is 2.99. The molecule has 8 nitrogen and oxygen atoms in total. The number of benzene rings is 2. The average molecular weight is 397 g/mol. The van der Waals surface area contributed by atoms with Crippen LogP contribution < -0.4 is 10.1 Å². The van der Waals surface area contributed by atoms with Crippen molar-refractivity contribution in [1.29, 1.82) is 0 Å². The lowest BCUT2D eigenvalue weighted by Crippen LogP contribution is -2.23. The second-order valence-electron chi connectivity index (χ2n) is 5.93. The van der Waals surface area contributed by atoms with Crippen LogP contribution >= 0.6 is 11.8 Å². The molecule has 0 aliphatic carbocycles. The molecule has 1 atom stereocenters. The molecule has 9 heteroatoms. The number of Topliss-reactive ketones (excluding diaryl/α,β-unsaturated/α-hetero) is 1. The molecule has 1 heterocycles. The van der Waals surface area contributed by atoms with E-state index in [2.05, 4.69) is 20.8 Å². The van der Waals surface area contributed by atoms with Crippen LogP contribution in [0.2, 0.25) is 0 Å². The fourth-order valence-corrected chi connectivity index (χ4v) is 3.25. The Bertz CT molecular complexity index is 987. The minimum atomic E-state index is -0.452. The number of anilines is 1. The van der Waals surface area contributed by atoms with E-state index >= 15 is 0 Å². The second-order valence-corrected chi connectivity index (χ2v) is 7.24. The number of thioether (sulfide) groups is 1. The van der Waals surface area contributed by atoms with Crippen LogP contribution in [0.25, 0.3) is 5.69 Å². The lowest BCUT2D eigenvalue weighted by Gasteiger charge is -2.13. The SMILES string of the molecule is COc1ccccc1-n1nnnc1S[C@H](C)C(=O)Nc1ccc(C(C)=O)cc1. The Morgan fingerprint density at radius 1 is 1.14 bits per heavy atom. The van der Waals surface area contributed by atoms with Crippen molar-refractivity contribution < 1.29 is 14.3 Å². The molecular weight excluding hydrogens is 378 g/mol. The van der Waals surface area contributed by atoms with Crippen LogP contribution in [0.3, 0.4) is 0 Å². The van der Waals surface area contributed by atoms with E-state index in [0.29, 0.717) is 27.8 Å². The largest absolute Gasteiger partial charge is 0.494 e. The van der Waals surface area contributed by atoms with Crippen molar-refractivity contribution in [3.63, 3.8) is 0 Å². The number of rotatable bonds is 7. The van der Waals surface area contributed by atoms with Gasteiger partial charge >= 0.3 is 0 Å². The van der Waals surface area contributed by atoms with E-state index < -0.39 is 5.25 Å². The Kier molecular flexibility index (Phi) is 6.05. The molecule has 0 saturated carbocycles. The fourth-order valence-electron chi connectivity index (χ4n) is 2.45. The molecule has 0 fully saturated rings. The number of hydrogen-bond donors (Lipinski definition) is 1. The number of ether oxygens (including phenoxy) is 1. The maximum absolute atomic E-state index is 12.5. The summed E-state index contributed by atoms with van der Waals surface area (Å²) in [5.41, 5.74) is 1.90. The van der Waals surface area contributed by atoms with Crippen molar-refractivity contribution in [1.82, 2.24) is 20.2 Å². The van der Waals surface area contributed by atoms with E-state index in [9.17, 15) is 9.59 Å². The van der Waals surface area contributed by atoms with Crippen molar-refractivity contribution >= 4 is 29.1 Å². The predicted molar refractivity (Wildman–Crippen MR) is 106 cm³/mol. The zero-order chi connectivity index (χ0) is 20.1. The van der Waals surface area contributed by atoms with Gasteiger partial charge in [-0.3, -0.25) is 9.59 Å². The molecule has 0 saturated heterocycles. The minimum Gasteiger partial charge on any atom is -0.494 e. The standard InChI is InChI=1S/C19H19N5O3S/c1-12(25)14-8-10-15(11-9-14)20-18(26)13(2)28-19-21-22-23-24(19)16-6-4-5-7-17(16)27-3/h4-11,13H,1-3H3,(H,20,26)/t13-/m1/s1. The summed E-state index contributed by atoms with van der Waals surface area (Å²) in [6.07, 6.45) is 0. The van der Waals surface area contributed by atoms with Gasteiger partial charge in [0.15, 0.2) is 5.78 Å². The highest BCUT2D eigenvalue weighted by atomic mass is 32.2. The van der Waals surface area contributed by atoms with Crippen LogP contribution in [-0.2, 0) is 4.79 Å². The maximum atomic E-state index is 12.5. The molecule has 28 heavy (non-hydrogen) atoms. The highest BCUT2D eigenvalue weighted by Gasteiger charge is 2.20. The Hall–Kier alpha value is -3.20. The van der Waals surface area contributed by atoms with E-state index in [-0.39, 0.29) is 11.7 Å². The third-order valence-electron chi connectivity index (χ3n) is 3.96. The molecule has 1 aromatic heterocycles. The summed E-state index contributed by atoms with van der Waals surface area (Å²) >= 11 is 1.23. The smallest absolute Gasteiger partial charge is 0.237 e. The lowest BCUT2D eigenvalue weighted by molar-refractivity contribution is -0.115. The number of aromatic nitrogens is 4. The molecule has 2 aromatic carbocycles. The third-order valence-corrected chi connectivity index (χ3v) is 5.00. The molecule has 3 aromatic rings. The number of nitrogens with one attached hydrogen (secondary N) is 1. The molecule has 0 aliphatic heterocycles. The minimum absolute atomic E-state index is 0.0232. The third kappa shape index (κ3) is 4.37. The Morgan fingerprint density at radius 2 is 1.86 bits per heavy atom. The van der Waals surface area contributed by atoms with E-state index in [0.717, 1.165) is 0 Å². The molecule has 0 radical (unpaired) electrons. The summed E-state index contributed by atoms with van der Waals surface area (Å²) < 4.78 is 6.89. The summed E-state index contributed by atoms with van der Waals surface area (Å²) in [6, 6.07) is 14.1. The Labute approximate surface area is 166 Å². The van der Waals surface area contributed by atoms with Crippen LogP contribution in [0.5, 0.6) is 5.75 Å². The molecule has 0 aliphatic rings.